The molecule has 150 valence electrons. The van der Waals surface area contributed by atoms with Gasteiger partial charge in [-0.2, -0.15) is 5.10 Å². The van der Waals surface area contributed by atoms with Gasteiger partial charge >= 0.3 is 0 Å². The molecule has 2 aromatic carbocycles. The maximum atomic E-state index is 13.8. The lowest BCUT2D eigenvalue weighted by Gasteiger charge is -2.09. The minimum absolute atomic E-state index is 0.0202. The van der Waals surface area contributed by atoms with Gasteiger partial charge in [-0.05, 0) is 37.6 Å². The predicted octanol–water partition coefficient (Wildman–Crippen LogP) is 4.55. The third-order valence-corrected chi connectivity index (χ3v) is 4.66. The SMILES string of the molecule is CC(=O)Nc1cc(NC(=O)c2c(C)nn(Cc3ccc(C)cc3)c2Cl)ccc1F. The van der Waals surface area contributed by atoms with Crippen LogP contribution in [0.1, 0.15) is 34.1 Å². The third-order valence-electron chi connectivity index (χ3n) is 4.28. The summed E-state index contributed by atoms with van der Waals surface area (Å²) in [6.45, 7) is 5.40. The molecule has 0 saturated heterocycles. The highest BCUT2D eigenvalue weighted by molar-refractivity contribution is 6.33. The van der Waals surface area contributed by atoms with Crippen LogP contribution in [0.4, 0.5) is 15.8 Å². The topological polar surface area (TPSA) is 76.0 Å². The minimum Gasteiger partial charge on any atom is -0.324 e. The number of carbonyl (C=O) groups excluding carboxylic acids is 2. The van der Waals surface area contributed by atoms with E-state index in [1.165, 1.54) is 19.1 Å². The van der Waals surface area contributed by atoms with Crippen molar-refractivity contribution in [1.29, 1.82) is 0 Å². The Morgan fingerprint density at radius 1 is 1.10 bits per heavy atom. The van der Waals surface area contributed by atoms with E-state index < -0.39 is 17.6 Å². The Hall–Kier alpha value is -3.19. The molecule has 1 aromatic heterocycles. The number of nitrogens with zero attached hydrogens (tertiary/aromatic N) is 2. The molecule has 2 N–H and O–H groups in total. The molecule has 0 atom stereocenters. The summed E-state index contributed by atoms with van der Waals surface area (Å²) in [5, 5.41) is 9.63. The number of aromatic nitrogens is 2. The average molecular weight is 415 g/mol. The number of amides is 2. The normalized spacial score (nSPS) is 10.7. The highest BCUT2D eigenvalue weighted by atomic mass is 35.5. The van der Waals surface area contributed by atoms with E-state index >= 15 is 0 Å². The van der Waals surface area contributed by atoms with E-state index in [0.29, 0.717) is 17.9 Å². The summed E-state index contributed by atoms with van der Waals surface area (Å²) < 4.78 is 15.4. The fraction of sp³-hybridized carbons (Fsp3) is 0.190. The Morgan fingerprint density at radius 2 is 1.79 bits per heavy atom. The molecular weight excluding hydrogens is 395 g/mol. The average Bonchev–Trinajstić information content (AvgIpc) is 2.93. The Labute approximate surface area is 172 Å². The fourth-order valence-corrected chi connectivity index (χ4v) is 3.18. The third kappa shape index (κ3) is 4.81. The Morgan fingerprint density at radius 3 is 2.45 bits per heavy atom. The molecule has 0 aliphatic rings. The van der Waals surface area contributed by atoms with Crippen LogP contribution in [0.25, 0.3) is 0 Å². The van der Waals surface area contributed by atoms with Crippen LogP contribution in [0.3, 0.4) is 0 Å². The number of benzene rings is 2. The molecule has 29 heavy (non-hydrogen) atoms. The Kier molecular flexibility index (Phi) is 5.98. The van der Waals surface area contributed by atoms with Crippen LogP contribution >= 0.6 is 11.6 Å². The van der Waals surface area contributed by atoms with Crippen molar-refractivity contribution in [3.63, 3.8) is 0 Å². The maximum Gasteiger partial charge on any atom is 0.260 e. The zero-order valence-electron chi connectivity index (χ0n) is 16.2. The number of halogens is 2. The summed E-state index contributed by atoms with van der Waals surface area (Å²) in [6.07, 6.45) is 0. The molecule has 0 aliphatic carbocycles. The number of nitrogens with one attached hydrogen (secondary N) is 2. The summed E-state index contributed by atoms with van der Waals surface area (Å²) in [4.78, 5) is 23.9. The van der Waals surface area contributed by atoms with Crippen LogP contribution in [0, 0.1) is 19.7 Å². The summed E-state index contributed by atoms with van der Waals surface area (Å²) in [6, 6.07) is 11.8. The molecule has 0 spiro atoms. The molecule has 6 nitrogen and oxygen atoms in total. The second kappa shape index (κ2) is 8.45. The highest BCUT2D eigenvalue weighted by Gasteiger charge is 2.21. The molecule has 0 fully saturated rings. The molecule has 3 rings (SSSR count). The second-order valence-corrected chi connectivity index (χ2v) is 7.08. The van der Waals surface area contributed by atoms with E-state index in [1.807, 2.05) is 31.2 Å². The van der Waals surface area contributed by atoms with Crippen molar-refractivity contribution in [3.8, 4) is 0 Å². The number of carbonyl (C=O) groups is 2. The van der Waals surface area contributed by atoms with Gasteiger partial charge < -0.3 is 10.6 Å². The van der Waals surface area contributed by atoms with Gasteiger partial charge in [0, 0.05) is 12.6 Å². The van der Waals surface area contributed by atoms with Crippen LogP contribution in [-0.4, -0.2) is 21.6 Å². The number of hydrogen-bond donors (Lipinski definition) is 2. The molecule has 0 aliphatic heterocycles. The van der Waals surface area contributed by atoms with Crippen molar-refractivity contribution in [2.45, 2.75) is 27.3 Å². The fourth-order valence-electron chi connectivity index (χ4n) is 2.86. The van der Waals surface area contributed by atoms with Gasteiger partial charge in [-0.25, -0.2) is 9.07 Å². The van der Waals surface area contributed by atoms with E-state index in [4.69, 9.17) is 11.6 Å². The van der Waals surface area contributed by atoms with E-state index in [1.54, 1.807) is 11.6 Å². The van der Waals surface area contributed by atoms with Crippen LogP contribution in [0.5, 0.6) is 0 Å². The Bertz CT molecular complexity index is 1080. The zero-order valence-corrected chi connectivity index (χ0v) is 17.0. The molecular formula is C21H20ClFN4O2. The van der Waals surface area contributed by atoms with Gasteiger partial charge in [-0.15, -0.1) is 0 Å². The molecule has 0 saturated carbocycles. The predicted molar refractivity (Wildman–Crippen MR) is 111 cm³/mol. The van der Waals surface area contributed by atoms with E-state index in [0.717, 1.165) is 17.2 Å². The van der Waals surface area contributed by atoms with Crippen LogP contribution in [0.15, 0.2) is 42.5 Å². The quantitative estimate of drug-likeness (QED) is 0.643. The second-order valence-electron chi connectivity index (χ2n) is 6.72. The van der Waals surface area contributed by atoms with Crippen molar-refractivity contribution in [2.24, 2.45) is 0 Å². The first-order chi connectivity index (χ1) is 13.7. The molecule has 2 amide bonds. The Balaban J connectivity index is 1.82. The number of hydrogen-bond acceptors (Lipinski definition) is 3. The van der Waals surface area contributed by atoms with Crippen LogP contribution in [-0.2, 0) is 11.3 Å². The summed E-state index contributed by atoms with van der Waals surface area (Å²) in [5.41, 5.74) is 3.17. The first-order valence-corrected chi connectivity index (χ1v) is 9.29. The van der Waals surface area contributed by atoms with Crippen molar-refractivity contribution in [3.05, 3.63) is 75.8 Å². The van der Waals surface area contributed by atoms with Gasteiger partial charge in [0.2, 0.25) is 5.91 Å². The first kappa shape index (κ1) is 20.5. The van der Waals surface area contributed by atoms with E-state index in [9.17, 15) is 14.0 Å². The molecule has 0 bridgehead atoms. The summed E-state index contributed by atoms with van der Waals surface area (Å²) in [5.74, 6) is -1.48. The van der Waals surface area contributed by atoms with Crippen LogP contribution < -0.4 is 10.6 Å². The standard InChI is InChI=1S/C21H20ClFN4O2/c1-12-4-6-15(7-5-12)11-27-20(22)19(13(2)26-27)21(29)25-16-8-9-17(23)18(10-16)24-14(3)28/h4-10H,11H2,1-3H3,(H,24,28)(H,25,29). The van der Waals surface area contributed by atoms with E-state index in [-0.39, 0.29) is 16.4 Å². The van der Waals surface area contributed by atoms with Gasteiger partial charge in [0.15, 0.2) is 0 Å². The minimum atomic E-state index is -0.599. The molecule has 0 radical (unpaired) electrons. The van der Waals surface area contributed by atoms with Gasteiger partial charge in [-0.1, -0.05) is 41.4 Å². The van der Waals surface area contributed by atoms with E-state index in [2.05, 4.69) is 15.7 Å². The van der Waals surface area contributed by atoms with Gasteiger partial charge in [0.05, 0.1) is 23.5 Å². The lowest BCUT2D eigenvalue weighted by Crippen LogP contribution is -2.14. The number of aryl methyl sites for hydroxylation is 2. The number of rotatable bonds is 5. The molecule has 8 heteroatoms. The maximum absolute atomic E-state index is 13.8. The summed E-state index contributed by atoms with van der Waals surface area (Å²) >= 11 is 6.42. The lowest BCUT2D eigenvalue weighted by molar-refractivity contribution is -0.114. The monoisotopic (exact) mass is 414 g/mol. The lowest BCUT2D eigenvalue weighted by atomic mass is 10.1. The van der Waals surface area contributed by atoms with Gasteiger partial charge in [0.1, 0.15) is 11.0 Å². The zero-order chi connectivity index (χ0) is 21.1. The first-order valence-electron chi connectivity index (χ1n) is 8.91. The van der Waals surface area contributed by atoms with Crippen molar-refractivity contribution in [1.82, 2.24) is 9.78 Å². The smallest absolute Gasteiger partial charge is 0.260 e. The van der Waals surface area contributed by atoms with Crippen LogP contribution in [0.2, 0.25) is 5.15 Å². The van der Waals surface area contributed by atoms with Gasteiger partial charge in [0.25, 0.3) is 5.91 Å². The highest BCUT2D eigenvalue weighted by Crippen LogP contribution is 2.24. The van der Waals surface area contributed by atoms with Crippen molar-refractivity contribution < 1.29 is 14.0 Å². The molecule has 3 aromatic rings. The van der Waals surface area contributed by atoms with Crippen molar-refractivity contribution >= 4 is 34.8 Å². The summed E-state index contributed by atoms with van der Waals surface area (Å²) in [7, 11) is 0. The molecule has 1 heterocycles. The largest absolute Gasteiger partial charge is 0.324 e. The van der Waals surface area contributed by atoms with Gasteiger partial charge in [-0.3, -0.25) is 9.59 Å². The number of anilines is 2. The van der Waals surface area contributed by atoms with Crippen molar-refractivity contribution in [2.75, 3.05) is 10.6 Å². The molecule has 0 unspecified atom stereocenters.